The molecule has 5 N–H and O–H groups in total. The van der Waals surface area contributed by atoms with Crippen molar-refractivity contribution in [3.63, 3.8) is 0 Å². The first kappa shape index (κ1) is 20.2. The second kappa shape index (κ2) is 9.62. The summed E-state index contributed by atoms with van der Waals surface area (Å²) in [7, 11) is 0. The minimum atomic E-state index is -0.934. The van der Waals surface area contributed by atoms with Crippen LogP contribution >= 0.6 is 0 Å². The minimum absolute atomic E-state index is 0.163. The third kappa shape index (κ3) is 5.99. The van der Waals surface area contributed by atoms with E-state index in [1.807, 2.05) is 12.1 Å². The number of aromatic nitrogens is 1. The molecule has 150 valence electrons. The number of amides is 1. The van der Waals surface area contributed by atoms with E-state index >= 15 is 0 Å². The van der Waals surface area contributed by atoms with E-state index in [2.05, 4.69) is 10.3 Å². The van der Waals surface area contributed by atoms with Gasteiger partial charge >= 0.3 is 0 Å². The van der Waals surface area contributed by atoms with Crippen molar-refractivity contribution < 1.29 is 15.0 Å². The van der Waals surface area contributed by atoms with Gasteiger partial charge in [-0.15, -0.1) is 0 Å². The molecule has 6 heteroatoms. The van der Waals surface area contributed by atoms with Gasteiger partial charge in [-0.1, -0.05) is 32.1 Å². The van der Waals surface area contributed by atoms with E-state index in [1.165, 1.54) is 19.3 Å². The van der Waals surface area contributed by atoms with E-state index in [-0.39, 0.29) is 11.8 Å². The average Bonchev–Trinajstić information content (AvgIpc) is 3.53. The molecular formula is C21H33N3O3. The van der Waals surface area contributed by atoms with Crippen molar-refractivity contribution >= 4 is 5.91 Å². The molecule has 4 unspecified atom stereocenters. The Hall–Kier alpha value is -1.50. The number of nitrogens with two attached hydrogens (primary N) is 1. The Morgan fingerprint density at radius 2 is 1.81 bits per heavy atom. The van der Waals surface area contributed by atoms with Crippen molar-refractivity contribution in [3.05, 3.63) is 30.1 Å². The lowest BCUT2D eigenvalue weighted by Gasteiger charge is -2.33. The number of pyridine rings is 1. The maximum atomic E-state index is 12.7. The molecule has 1 amide bonds. The summed E-state index contributed by atoms with van der Waals surface area (Å²) in [5, 5.41) is 24.1. The molecule has 0 saturated heterocycles. The predicted octanol–water partition coefficient (Wildman–Crippen LogP) is 1.54. The van der Waals surface area contributed by atoms with Gasteiger partial charge in [0.05, 0.1) is 18.2 Å². The zero-order valence-corrected chi connectivity index (χ0v) is 16.0. The number of hydrogen-bond donors (Lipinski definition) is 4. The molecule has 0 spiro atoms. The standard InChI is InChI=1S/C21H33N3O3/c22-17(12-15-8-10-23-11-9-15)21(27)24-18(13-14-4-2-1-3-5-14)20(26)19(25)16-6-7-16/h8-11,14,16-20,25-26H,1-7,12-13,22H2,(H,24,27). The number of rotatable bonds is 9. The van der Waals surface area contributed by atoms with E-state index in [0.717, 1.165) is 31.2 Å². The maximum absolute atomic E-state index is 12.7. The Morgan fingerprint density at radius 1 is 1.15 bits per heavy atom. The van der Waals surface area contributed by atoms with Crippen LogP contribution in [0.2, 0.25) is 0 Å². The Bertz CT molecular complexity index is 588. The van der Waals surface area contributed by atoms with E-state index in [0.29, 0.717) is 18.8 Å². The van der Waals surface area contributed by atoms with Crippen molar-refractivity contribution in [2.45, 2.75) is 82.1 Å². The molecule has 3 rings (SSSR count). The van der Waals surface area contributed by atoms with Crippen molar-refractivity contribution in [1.29, 1.82) is 0 Å². The summed E-state index contributed by atoms with van der Waals surface area (Å²) < 4.78 is 0. The third-order valence-electron chi connectivity index (χ3n) is 6.05. The number of aliphatic hydroxyl groups is 2. The first-order valence-electron chi connectivity index (χ1n) is 10.4. The monoisotopic (exact) mass is 375 g/mol. The van der Waals surface area contributed by atoms with Crippen LogP contribution in [0.15, 0.2) is 24.5 Å². The highest BCUT2D eigenvalue weighted by Gasteiger charge is 2.39. The Balaban J connectivity index is 1.60. The van der Waals surface area contributed by atoms with Gasteiger partial charge in [0.15, 0.2) is 0 Å². The molecule has 0 aliphatic heterocycles. The van der Waals surface area contributed by atoms with Crippen LogP contribution in [0.4, 0.5) is 0 Å². The van der Waals surface area contributed by atoms with Crippen LogP contribution in [0.25, 0.3) is 0 Å². The molecule has 2 aliphatic carbocycles. The molecule has 1 heterocycles. The first-order chi connectivity index (χ1) is 13.0. The Morgan fingerprint density at radius 3 is 2.44 bits per heavy atom. The lowest BCUT2D eigenvalue weighted by atomic mass is 9.82. The number of nitrogens with one attached hydrogen (secondary N) is 1. The zero-order valence-electron chi connectivity index (χ0n) is 16.0. The number of carbonyl (C=O) groups excluding carboxylic acids is 1. The van der Waals surface area contributed by atoms with Gasteiger partial charge in [0.2, 0.25) is 5.91 Å². The summed E-state index contributed by atoms with van der Waals surface area (Å²) in [6.07, 6.45) is 10.6. The quantitative estimate of drug-likeness (QED) is 0.523. The largest absolute Gasteiger partial charge is 0.390 e. The number of aliphatic hydroxyl groups excluding tert-OH is 2. The molecule has 0 bridgehead atoms. The van der Waals surface area contributed by atoms with Crippen LogP contribution in [0, 0.1) is 11.8 Å². The highest BCUT2D eigenvalue weighted by atomic mass is 16.3. The van der Waals surface area contributed by atoms with Gasteiger partial charge in [-0.25, -0.2) is 0 Å². The summed E-state index contributed by atoms with van der Waals surface area (Å²) in [6, 6.07) is 2.56. The SMILES string of the molecule is NC(Cc1ccncc1)C(=O)NC(CC1CCCCC1)C(O)C(O)C1CC1. The second-order valence-corrected chi connectivity index (χ2v) is 8.34. The summed E-state index contributed by atoms with van der Waals surface area (Å²) in [5.74, 6) is 0.382. The number of hydrogen-bond acceptors (Lipinski definition) is 5. The van der Waals surface area contributed by atoms with E-state index in [1.54, 1.807) is 12.4 Å². The minimum Gasteiger partial charge on any atom is -0.390 e. The van der Waals surface area contributed by atoms with Crippen LogP contribution in [0.5, 0.6) is 0 Å². The molecule has 6 nitrogen and oxygen atoms in total. The van der Waals surface area contributed by atoms with Crippen molar-refractivity contribution in [1.82, 2.24) is 10.3 Å². The Labute approximate surface area is 161 Å². The number of carbonyl (C=O) groups is 1. The maximum Gasteiger partial charge on any atom is 0.237 e. The third-order valence-corrected chi connectivity index (χ3v) is 6.05. The van der Waals surface area contributed by atoms with Gasteiger partial charge in [0, 0.05) is 12.4 Å². The summed E-state index contributed by atoms with van der Waals surface area (Å²) in [4.78, 5) is 16.6. The van der Waals surface area contributed by atoms with Crippen molar-refractivity contribution in [3.8, 4) is 0 Å². The van der Waals surface area contributed by atoms with E-state index < -0.39 is 24.3 Å². The molecule has 2 aliphatic rings. The molecule has 1 aromatic heterocycles. The molecule has 0 radical (unpaired) electrons. The van der Waals surface area contributed by atoms with Crippen molar-refractivity contribution in [2.75, 3.05) is 0 Å². The van der Waals surface area contributed by atoms with Gasteiger partial charge in [0.1, 0.15) is 6.10 Å². The second-order valence-electron chi connectivity index (χ2n) is 8.34. The van der Waals surface area contributed by atoms with Gasteiger partial charge < -0.3 is 21.3 Å². The Kier molecular flexibility index (Phi) is 7.21. The van der Waals surface area contributed by atoms with Crippen LogP contribution < -0.4 is 11.1 Å². The predicted molar refractivity (Wildman–Crippen MR) is 104 cm³/mol. The zero-order chi connectivity index (χ0) is 19.2. The van der Waals surface area contributed by atoms with Crippen LogP contribution in [-0.2, 0) is 11.2 Å². The van der Waals surface area contributed by atoms with Gasteiger partial charge in [-0.2, -0.15) is 0 Å². The molecule has 1 aromatic rings. The topological polar surface area (TPSA) is 108 Å². The molecule has 2 fully saturated rings. The molecule has 4 atom stereocenters. The molecule has 2 saturated carbocycles. The lowest BCUT2D eigenvalue weighted by Crippen LogP contribution is -2.54. The molecular weight excluding hydrogens is 342 g/mol. The normalized spacial score (nSPS) is 22.6. The van der Waals surface area contributed by atoms with E-state index in [9.17, 15) is 15.0 Å². The summed E-state index contributed by atoms with van der Waals surface area (Å²) in [5.41, 5.74) is 7.06. The fraction of sp³-hybridized carbons (Fsp3) is 0.714. The highest BCUT2D eigenvalue weighted by Crippen LogP contribution is 2.36. The van der Waals surface area contributed by atoms with Crippen molar-refractivity contribution in [2.24, 2.45) is 17.6 Å². The lowest BCUT2D eigenvalue weighted by molar-refractivity contribution is -0.125. The number of nitrogens with zero attached hydrogens (tertiary/aromatic N) is 1. The molecule has 0 aromatic carbocycles. The van der Waals surface area contributed by atoms with E-state index in [4.69, 9.17) is 5.73 Å². The van der Waals surface area contributed by atoms with Gasteiger partial charge in [-0.05, 0) is 55.2 Å². The average molecular weight is 376 g/mol. The summed E-state index contributed by atoms with van der Waals surface area (Å²) >= 11 is 0. The van der Waals surface area contributed by atoms with Gasteiger partial charge in [0.25, 0.3) is 0 Å². The smallest absolute Gasteiger partial charge is 0.237 e. The highest BCUT2D eigenvalue weighted by molar-refractivity contribution is 5.82. The fourth-order valence-corrected chi connectivity index (χ4v) is 4.18. The first-order valence-corrected chi connectivity index (χ1v) is 10.4. The van der Waals surface area contributed by atoms with Gasteiger partial charge in [-0.3, -0.25) is 9.78 Å². The van der Waals surface area contributed by atoms with Crippen LogP contribution in [-0.4, -0.2) is 45.4 Å². The molecule has 27 heavy (non-hydrogen) atoms. The van der Waals surface area contributed by atoms with Crippen LogP contribution in [0.1, 0.15) is 56.9 Å². The summed E-state index contributed by atoms with van der Waals surface area (Å²) in [6.45, 7) is 0. The van der Waals surface area contributed by atoms with Crippen LogP contribution in [0.3, 0.4) is 0 Å². The fourth-order valence-electron chi connectivity index (χ4n) is 4.18.